The van der Waals surface area contributed by atoms with Gasteiger partial charge in [-0.1, -0.05) is 42.5 Å². The van der Waals surface area contributed by atoms with Crippen molar-refractivity contribution in [3.63, 3.8) is 0 Å². The van der Waals surface area contributed by atoms with Crippen LogP contribution in [-0.4, -0.2) is 12.8 Å². The molecule has 0 atom stereocenters. The molecule has 1 aliphatic carbocycles. The van der Waals surface area contributed by atoms with E-state index >= 15 is 0 Å². The molecule has 2 aromatic rings. The third-order valence-electron chi connectivity index (χ3n) is 3.52. The highest BCUT2D eigenvalue weighted by Crippen LogP contribution is 2.20. The topological polar surface area (TPSA) is 30.5 Å². The number of ether oxygens (including phenoxy) is 2. The average molecular weight is 283 g/mol. The second-order valence-corrected chi connectivity index (χ2v) is 5.40. The van der Waals surface area contributed by atoms with Gasteiger partial charge in [-0.3, -0.25) is 0 Å². The van der Waals surface area contributed by atoms with Crippen LogP contribution in [-0.2, 0) is 17.9 Å². The lowest BCUT2D eigenvalue weighted by Gasteiger charge is -2.08. The minimum Gasteiger partial charge on any atom is -0.468 e. The van der Waals surface area contributed by atoms with Crippen molar-refractivity contribution in [3.05, 3.63) is 65.7 Å². The van der Waals surface area contributed by atoms with E-state index in [9.17, 15) is 0 Å². The zero-order valence-corrected chi connectivity index (χ0v) is 12.1. The highest BCUT2D eigenvalue weighted by Gasteiger charge is 2.19. The monoisotopic (exact) mass is 283 g/mol. The van der Waals surface area contributed by atoms with Gasteiger partial charge in [0.2, 0.25) is 0 Å². The number of rotatable bonds is 8. The van der Waals surface area contributed by atoms with E-state index in [1.54, 1.807) is 0 Å². The maximum Gasteiger partial charge on any atom is 0.189 e. The largest absolute Gasteiger partial charge is 0.468 e. The van der Waals surface area contributed by atoms with Crippen molar-refractivity contribution in [1.29, 1.82) is 0 Å². The second-order valence-electron chi connectivity index (χ2n) is 5.40. The van der Waals surface area contributed by atoms with Gasteiger partial charge in [0.05, 0.1) is 6.61 Å². The molecule has 3 nitrogen and oxygen atoms in total. The molecule has 0 amide bonds. The van der Waals surface area contributed by atoms with Crippen LogP contribution in [0, 0.1) is 0 Å². The molecule has 3 heteroatoms. The Morgan fingerprint density at radius 1 is 0.905 bits per heavy atom. The van der Waals surface area contributed by atoms with Crippen molar-refractivity contribution in [1.82, 2.24) is 5.32 Å². The first-order valence-electron chi connectivity index (χ1n) is 7.47. The molecule has 0 aliphatic heterocycles. The Balaban J connectivity index is 1.36. The Hall–Kier alpha value is -1.84. The maximum absolute atomic E-state index is 5.58. The lowest BCUT2D eigenvalue weighted by molar-refractivity contribution is 0.00504. The summed E-state index contributed by atoms with van der Waals surface area (Å²) in [5.41, 5.74) is 2.45. The third kappa shape index (κ3) is 4.88. The van der Waals surface area contributed by atoms with Crippen LogP contribution in [0.4, 0.5) is 0 Å². The van der Waals surface area contributed by atoms with Gasteiger partial charge in [-0.25, -0.2) is 0 Å². The summed E-state index contributed by atoms with van der Waals surface area (Å²) in [4.78, 5) is 0. The predicted molar refractivity (Wildman–Crippen MR) is 83.0 cm³/mol. The second kappa shape index (κ2) is 7.25. The molecule has 0 heterocycles. The molecule has 110 valence electrons. The van der Waals surface area contributed by atoms with Crippen molar-refractivity contribution in [2.24, 2.45) is 0 Å². The van der Waals surface area contributed by atoms with E-state index in [-0.39, 0.29) is 6.79 Å². The first kappa shape index (κ1) is 14.1. The highest BCUT2D eigenvalue weighted by molar-refractivity contribution is 5.27. The van der Waals surface area contributed by atoms with Gasteiger partial charge < -0.3 is 14.8 Å². The van der Waals surface area contributed by atoms with E-state index < -0.39 is 0 Å². The van der Waals surface area contributed by atoms with E-state index in [0.29, 0.717) is 6.61 Å². The van der Waals surface area contributed by atoms with Crippen molar-refractivity contribution >= 4 is 0 Å². The van der Waals surface area contributed by atoms with Crippen LogP contribution in [0.2, 0.25) is 0 Å². The Kier molecular flexibility index (Phi) is 4.87. The number of hydrogen-bond acceptors (Lipinski definition) is 3. The molecule has 0 radical (unpaired) electrons. The van der Waals surface area contributed by atoms with E-state index in [2.05, 4.69) is 17.4 Å². The van der Waals surface area contributed by atoms with Gasteiger partial charge >= 0.3 is 0 Å². The molecule has 1 saturated carbocycles. The quantitative estimate of drug-likeness (QED) is 0.594. The van der Waals surface area contributed by atoms with Crippen LogP contribution < -0.4 is 10.1 Å². The summed E-state index contributed by atoms with van der Waals surface area (Å²) in [5, 5.41) is 3.50. The molecule has 2 aromatic carbocycles. The van der Waals surface area contributed by atoms with Gasteiger partial charge in [0.25, 0.3) is 0 Å². The predicted octanol–water partition coefficient (Wildman–Crippen LogP) is 3.49. The molecular weight excluding hydrogens is 262 g/mol. The molecule has 0 unspecified atom stereocenters. The minimum atomic E-state index is 0.272. The Bertz CT molecular complexity index is 535. The normalized spacial score (nSPS) is 14.1. The van der Waals surface area contributed by atoms with Gasteiger partial charge in [-0.05, 0) is 36.1 Å². The lowest BCUT2D eigenvalue weighted by atomic mass is 10.2. The van der Waals surface area contributed by atoms with E-state index in [0.717, 1.165) is 23.9 Å². The number of hydrogen-bond donors (Lipinski definition) is 1. The molecule has 1 N–H and O–H groups in total. The standard InChI is InChI=1S/C18H21NO2/c1-2-4-16(5-3-1)13-20-14-21-18-10-6-15(7-11-18)12-19-17-8-9-17/h1-7,10-11,17,19H,8-9,12-14H2. The van der Waals surface area contributed by atoms with Crippen LogP contribution in [0.5, 0.6) is 5.75 Å². The molecule has 1 aliphatic rings. The zero-order valence-electron chi connectivity index (χ0n) is 12.1. The smallest absolute Gasteiger partial charge is 0.189 e. The Morgan fingerprint density at radius 3 is 2.38 bits per heavy atom. The van der Waals surface area contributed by atoms with Crippen LogP contribution in [0.1, 0.15) is 24.0 Å². The van der Waals surface area contributed by atoms with Crippen LogP contribution in [0.3, 0.4) is 0 Å². The van der Waals surface area contributed by atoms with E-state index in [4.69, 9.17) is 9.47 Å². The molecular formula is C18H21NO2. The van der Waals surface area contributed by atoms with Crippen molar-refractivity contribution in [2.75, 3.05) is 6.79 Å². The molecule has 1 fully saturated rings. The number of nitrogens with one attached hydrogen (secondary N) is 1. The fourth-order valence-electron chi connectivity index (χ4n) is 2.10. The van der Waals surface area contributed by atoms with Crippen molar-refractivity contribution < 1.29 is 9.47 Å². The van der Waals surface area contributed by atoms with Crippen molar-refractivity contribution in [2.45, 2.75) is 32.0 Å². The molecule has 0 aromatic heterocycles. The Labute approximate surface area is 125 Å². The van der Waals surface area contributed by atoms with Crippen LogP contribution >= 0.6 is 0 Å². The number of benzene rings is 2. The fraction of sp³-hybridized carbons (Fsp3) is 0.333. The molecule has 0 bridgehead atoms. The summed E-state index contributed by atoms with van der Waals surface area (Å²) in [6, 6.07) is 19.0. The van der Waals surface area contributed by atoms with Gasteiger partial charge in [-0.15, -0.1) is 0 Å². The van der Waals surface area contributed by atoms with E-state index in [1.807, 2.05) is 42.5 Å². The SMILES string of the molecule is c1ccc(COCOc2ccc(CNC3CC3)cc2)cc1. The minimum absolute atomic E-state index is 0.272. The summed E-state index contributed by atoms with van der Waals surface area (Å²) in [6.45, 7) is 1.79. The highest BCUT2D eigenvalue weighted by atomic mass is 16.7. The zero-order chi connectivity index (χ0) is 14.3. The van der Waals surface area contributed by atoms with Crippen LogP contribution in [0.15, 0.2) is 54.6 Å². The first-order valence-corrected chi connectivity index (χ1v) is 7.47. The molecule has 0 spiro atoms. The van der Waals surface area contributed by atoms with Gasteiger partial charge in [0, 0.05) is 12.6 Å². The Morgan fingerprint density at radius 2 is 1.67 bits per heavy atom. The lowest BCUT2D eigenvalue weighted by Crippen LogP contribution is -2.15. The van der Waals surface area contributed by atoms with E-state index in [1.165, 1.54) is 18.4 Å². The van der Waals surface area contributed by atoms with Gasteiger partial charge in [-0.2, -0.15) is 0 Å². The van der Waals surface area contributed by atoms with Crippen LogP contribution in [0.25, 0.3) is 0 Å². The maximum atomic E-state index is 5.58. The summed E-state index contributed by atoms with van der Waals surface area (Å²) in [6.07, 6.45) is 2.64. The van der Waals surface area contributed by atoms with Gasteiger partial charge in [0.1, 0.15) is 5.75 Å². The fourth-order valence-corrected chi connectivity index (χ4v) is 2.10. The summed E-state index contributed by atoms with van der Waals surface area (Å²) in [5.74, 6) is 0.846. The first-order chi connectivity index (χ1) is 10.4. The summed E-state index contributed by atoms with van der Waals surface area (Å²) >= 11 is 0. The molecule has 3 rings (SSSR count). The van der Waals surface area contributed by atoms with Gasteiger partial charge in [0.15, 0.2) is 6.79 Å². The summed E-state index contributed by atoms with van der Waals surface area (Å²) < 4.78 is 11.1. The summed E-state index contributed by atoms with van der Waals surface area (Å²) in [7, 11) is 0. The third-order valence-corrected chi connectivity index (χ3v) is 3.52. The van der Waals surface area contributed by atoms with Crippen molar-refractivity contribution in [3.8, 4) is 5.75 Å². The average Bonchev–Trinajstić information content (AvgIpc) is 3.36. The molecule has 0 saturated heterocycles. The molecule has 21 heavy (non-hydrogen) atoms.